The fraction of sp³-hybridized carbons (Fsp3) is 0.714. The first-order valence-corrected chi connectivity index (χ1v) is 6.78. The topological polar surface area (TPSA) is 47.0 Å². The highest BCUT2D eigenvalue weighted by Crippen LogP contribution is 2.35. The van der Waals surface area contributed by atoms with E-state index in [1.807, 2.05) is 12.3 Å². The Morgan fingerprint density at radius 3 is 2.78 bits per heavy atom. The summed E-state index contributed by atoms with van der Waals surface area (Å²) in [5.41, 5.74) is -0.0110. The van der Waals surface area contributed by atoms with Gasteiger partial charge in [-0.05, 0) is 25.3 Å². The van der Waals surface area contributed by atoms with E-state index >= 15 is 0 Å². The van der Waals surface area contributed by atoms with Crippen molar-refractivity contribution in [2.45, 2.75) is 63.7 Å². The van der Waals surface area contributed by atoms with Crippen LogP contribution in [0.15, 0.2) is 12.3 Å². The molecular formula is C14H21N3O. The summed E-state index contributed by atoms with van der Waals surface area (Å²) in [6, 6.07) is 2.37. The van der Waals surface area contributed by atoms with Gasteiger partial charge in [-0.1, -0.05) is 20.8 Å². The zero-order valence-electron chi connectivity index (χ0n) is 11.3. The highest BCUT2D eigenvalue weighted by molar-refractivity contribution is 5.36. The molecule has 0 aromatic carbocycles. The van der Waals surface area contributed by atoms with Gasteiger partial charge in [0, 0.05) is 11.6 Å². The first-order chi connectivity index (χ1) is 8.52. The number of anilines is 1. The van der Waals surface area contributed by atoms with Crippen LogP contribution in [0.25, 0.3) is 0 Å². The molecule has 2 aliphatic heterocycles. The first kappa shape index (κ1) is 11.9. The van der Waals surface area contributed by atoms with Crippen LogP contribution >= 0.6 is 0 Å². The van der Waals surface area contributed by atoms with E-state index in [4.69, 9.17) is 4.74 Å². The van der Waals surface area contributed by atoms with Crippen molar-refractivity contribution in [2.75, 3.05) is 5.32 Å². The monoisotopic (exact) mass is 247 g/mol. The van der Waals surface area contributed by atoms with Gasteiger partial charge >= 0.3 is 0 Å². The molecule has 2 saturated heterocycles. The summed E-state index contributed by atoms with van der Waals surface area (Å²) in [4.78, 5) is 8.96. The number of nitrogens with zero attached hydrogens (tertiary/aromatic N) is 2. The van der Waals surface area contributed by atoms with Gasteiger partial charge in [0.2, 0.25) is 0 Å². The first-order valence-electron chi connectivity index (χ1n) is 6.78. The van der Waals surface area contributed by atoms with Crippen molar-refractivity contribution in [1.82, 2.24) is 9.97 Å². The lowest BCUT2D eigenvalue weighted by atomic mass is 9.95. The van der Waals surface area contributed by atoms with Crippen molar-refractivity contribution < 1.29 is 4.74 Å². The van der Waals surface area contributed by atoms with Crippen molar-refractivity contribution in [3.63, 3.8) is 0 Å². The molecule has 4 heteroatoms. The quantitative estimate of drug-likeness (QED) is 0.872. The molecule has 2 aliphatic rings. The van der Waals surface area contributed by atoms with E-state index in [0.29, 0.717) is 18.2 Å². The Bertz CT molecular complexity index is 441. The van der Waals surface area contributed by atoms with Gasteiger partial charge in [0.1, 0.15) is 11.6 Å². The summed E-state index contributed by atoms with van der Waals surface area (Å²) in [6.07, 6.45) is 6.20. The van der Waals surface area contributed by atoms with Gasteiger partial charge in [-0.25, -0.2) is 9.97 Å². The number of aromatic nitrogens is 2. The van der Waals surface area contributed by atoms with Crippen LogP contribution in [-0.4, -0.2) is 28.2 Å². The maximum atomic E-state index is 5.85. The van der Waals surface area contributed by atoms with Gasteiger partial charge in [-0.3, -0.25) is 0 Å². The van der Waals surface area contributed by atoms with Gasteiger partial charge < -0.3 is 10.1 Å². The van der Waals surface area contributed by atoms with Crippen LogP contribution in [0.5, 0.6) is 0 Å². The fourth-order valence-electron chi connectivity index (χ4n) is 2.78. The minimum Gasteiger partial charge on any atom is -0.373 e. The Labute approximate surface area is 108 Å². The Morgan fingerprint density at radius 1 is 1.33 bits per heavy atom. The zero-order chi connectivity index (χ0) is 12.8. The van der Waals surface area contributed by atoms with E-state index in [2.05, 4.69) is 36.1 Å². The minimum atomic E-state index is -0.0110. The Kier molecular flexibility index (Phi) is 2.77. The molecule has 1 aromatic heterocycles. The van der Waals surface area contributed by atoms with E-state index in [1.165, 1.54) is 12.8 Å². The van der Waals surface area contributed by atoms with E-state index in [-0.39, 0.29) is 5.41 Å². The second-order valence-electron chi connectivity index (χ2n) is 6.38. The second-order valence-corrected chi connectivity index (χ2v) is 6.38. The lowest BCUT2D eigenvalue weighted by molar-refractivity contribution is 0.102. The van der Waals surface area contributed by atoms with E-state index in [9.17, 15) is 0 Å². The average Bonchev–Trinajstić information content (AvgIpc) is 2.90. The predicted octanol–water partition coefficient (Wildman–Crippen LogP) is 2.51. The Balaban J connectivity index is 1.73. The van der Waals surface area contributed by atoms with Gasteiger partial charge in [0.15, 0.2) is 0 Å². The van der Waals surface area contributed by atoms with E-state index in [1.54, 1.807) is 0 Å². The molecule has 0 spiro atoms. The summed E-state index contributed by atoms with van der Waals surface area (Å²) in [5.74, 6) is 1.81. The lowest BCUT2D eigenvalue weighted by Gasteiger charge is -2.22. The third kappa shape index (κ3) is 2.21. The number of ether oxygens (including phenoxy) is 1. The molecule has 1 N–H and O–H groups in total. The number of fused-ring (bicyclic) bond motifs is 2. The molecule has 3 atom stereocenters. The van der Waals surface area contributed by atoms with Gasteiger partial charge in [-0.15, -0.1) is 0 Å². The standard InChI is InChI=1S/C14H21N3O/c1-14(2,3)13-15-7-6-12(17-13)16-10-8-9-4-5-11(10)18-9/h6-7,9-11H,4-5,8H2,1-3H3,(H,15,16,17)/t9-,10-,11-/m1/s1. The van der Waals surface area contributed by atoms with Crippen LogP contribution < -0.4 is 5.32 Å². The molecule has 0 radical (unpaired) electrons. The maximum absolute atomic E-state index is 5.85. The molecule has 3 rings (SSSR count). The van der Waals surface area contributed by atoms with Gasteiger partial charge in [0.25, 0.3) is 0 Å². The van der Waals surface area contributed by atoms with Crippen LogP contribution in [0.4, 0.5) is 5.82 Å². The molecule has 3 heterocycles. The Morgan fingerprint density at radius 2 is 2.17 bits per heavy atom. The molecule has 2 bridgehead atoms. The molecule has 0 amide bonds. The highest BCUT2D eigenvalue weighted by Gasteiger charge is 2.40. The van der Waals surface area contributed by atoms with Crippen LogP contribution in [0.2, 0.25) is 0 Å². The maximum Gasteiger partial charge on any atom is 0.135 e. The Hall–Kier alpha value is -1.16. The van der Waals surface area contributed by atoms with Crippen molar-refractivity contribution >= 4 is 5.82 Å². The molecule has 2 fully saturated rings. The van der Waals surface area contributed by atoms with Crippen LogP contribution in [0.3, 0.4) is 0 Å². The van der Waals surface area contributed by atoms with Crippen molar-refractivity contribution in [3.05, 3.63) is 18.1 Å². The van der Waals surface area contributed by atoms with E-state index in [0.717, 1.165) is 18.1 Å². The number of hydrogen-bond acceptors (Lipinski definition) is 4. The SMILES string of the molecule is CC(C)(C)c1nccc(N[C@@H]2C[C@H]3CC[C@H]2O3)n1. The normalized spacial score (nSPS) is 30.7. The number of hydrogen-bond donors (Lipinski definition) is 1. The third-order valence-corrected chi connectivity index (χ3v) is 3.77. The summed E-state index contributed by atoms with van der Waals surface area (Å²) >= 11 is 0. The number of nitrogens with one attached hydrogen (secondary N) is 1. The molecule has 4 nitrogen and oxygen atoms in total. The molecule has 0 aliphatic carbocycles. The van der Waals surface area contributed by atoms with Crippen LogP contribution in [0.1, 0.15) is 45.9 Å². The van der Waals surface area contributed by atoms with Gasteiger partial charge in [-0.2, -0.15) is 0 Å². The van der Waals surface area contributed by atoms with E-state index < -0.39 is 0 Å². The average molecular weight is 247 g/mol. The van der Waals surface area contributed by atoms with Crippen LogP contribution in [-0.2, 0) is 10.2 Å². The summed E-state index contributed by atoms with van der Waals surface area (Å²) < 4.78 is 5.85. The fourth-order valence-corrected chi connectivity index (χ4v) is 2.78. The van der Waals surface area contributed by atoms with Gasteiger partial charge in [0.05, 0.1) is 18.2 Å². The molecule has 18 heavy (non-hydrogen) atoms. The zero-order valence-corrected chi connectivity index (χ0v) is 11.3. The molecule has 0 unspecified atom stereocenters. The summed E-state index contributed by atoms with van der Waals surface area (Å²) in [6.45, 7) is 6.40. The molecule has 98 valence electrons. The summed E-state index contributed by atoms with van der Waals surface area (Å²) in [5, 5.41) is 3.51. The smallest absolute Gasteiger partial charge is 0.135 e. The molecule has 0 saturated carbocycles. The van der Waals surface area contributed by atoms with Crippen LogP contribution in [0, 0.1) is 0 Å². The van der Waals surface area contributed by atoms with Crippen molar-refractivity contribution in [1.29, 1.82) is 0 Å². The van der Waals surface area contributed by atoms with Crippen molar-refractivity contribution in [2.24, 2.45) is 0 Å². The molecule has 1 aromatic rings. The molecular weight excluding hydrogens is 226 g/mol. The minimum absolute atomic E-state index is 0.0110. The highest BCUT2D eigenvalue weighted by atomic mass is 16.5. The largest absolute Gasteiger partial charge is 0.373 e. The lowest BCUT2D eigenvalue weighted by Crippen LogP contribution is -2.31. The summed E-state index contributed by atoms with van der Waals surface area (Å²) in [7, 11) is 0. The number of rotatable bonds is 2. The van der Waals surface area contributed by atoms with Crippen molar-refractivity contribution in [3.8, 4) is 0 Å². The predicted molar refractivity (Wildman–Crippen MR) is 70.7 cm³/mol. The second kappa shape index (κ2) is 4.19. The third-order valence-electron chi connectivity index (χ3n) is 3.77.